The smallest absolute Gasteiger partial charge is 0.245 e. The molecule has 0 unspecified atom stereocenters. The fraction of sp³-hybridized carbons (Fsp3) is 0.643. The quantitative estimate of drug-likeness (QED) is 0.876. The zero-order chi connectivity index (χ0) is 14.5. The second-order valence-electron chi connectivity index (χ2n) is 5.63. The van der Waals surface area contributed by atoms with E-state index < -0.39 is 0 Å². The van der Waals surface area contributed by atoms with Crippen molar-refractivity contribution < 1.29 is 9.59 Å². The second-order valence-corrected chi connectivity index (χ2v) is 6.52. The molecule has 1 N–H and O–H groups in total. The largest absolute Gasteiger partial charge is 0.333 e. The molecule has 1 aliphatic rings. The fourth-order valence-electron chi connectivity index (χ4n) is 2.20. The molecule has 0 aliphatic heterocycles. The molecule has 1 aliphatic carbocycles. The van der Waals surface area contributed by atoms with Crippen LogP contribution in [-0.4, -0.2) is 34.8 Å². The van der Waals surface area contributed by atoms with Crippen LogP contribution in [-0.2, 0) is 9.59 Å². The Morgan fingerprint density at radius 2 is 2.25 bits per heavy atom. The maximum absolute atomic E-state index is 12.3. The van der Waals surface area contributed by atoms with Gasteiger partial charge in [-0.1, -0.05) is 20.3 Å². The molecule has 2 rings (SSSR count). The Bertz CT molecular complexity index is 455. The van der Waals surface area contributed by atoms with E-state index in [9.17, 15) is 9.59 Å². The zero-order valence-corrected chi connectivity index (χ0v) is 12.8. The number of anilines is 1. The molecule has 0 spiro atoms. The SMILES string of the molecule is CC(C)CN(CC(=O)Nc1nccs1)C(=O)C1CCC1. The number of rotatable bonds is 6. The van der Waals surface area contributed by atoms with Crippen molar-refractivity contribution >= 4 is 28.3 Å². The summed E-state index contributed by atoms with van der Waals surface area (Å²) in [6, 6.07) is 0. The number of nitrogens with zero attached hydrogens (tertiary/aromatic N) is 2. The van der Waals surface area contributed by atoms with Gasteiger partial charge in [0.15, 0.2) is 5.13 Å². The van der Waals surface area contributed by atoms with E-state index in [4.69, 9.17) is 0 Å². The molecule has 1 heterocycles. The highest BCUT2D eigenvalue weighted by molar-refractivity contribution is 7.13. The van der Waals surface area contributed by atoms with Crippen molar-refractivity contribution in [3.8, 4) is 0 Å². The number of carbonyl (C=O) groups is 2. The van der Waals surface area contributed by atoms with Gasteiger partial charge in [-0.25, -0.2) is 4.98 Å². The third kappa shape index (κ3) is 4.03. The Morgan fingerprint density at radius 1 is 1.50 bits per heavy atom. The molecular weight excluding hydrogens is 274 g/mol. The van der Waals surface area contributed by atoms with E-state index >= 15 is 0 Å². The number of carbonyl (C=O) groups excluding carboxylic acids is 2. The number of amides is 2. The summed E-state index contributed by atoms with van der Waals surface area (Å²) >= 11 is 1.38. The summed E-state index contributed by atoms with van der Waals surface area (Å²) in [6.45, 7) is 4.85. The summed E-state index contributed by atoms with van der Waals surface area (Å²) in [5, 5.41) is 5.12. The molecule has 5 nitrogen and oxygen atoms in total. The van der Waals surface area contributed by atoms with Gasteiger partial charge in [0.2, 0.25) is 11.8 Å². The van der Waals surface area contributed by atoms with Gasteiger partial charge in [-0.05, 0) is 18.8 Å². The van der Waals surface area contributed by atoms with Gasteiger partial charge in [-0.2, -0.15) is 0 Å². The van der Waals surface area contributed by atoms with Crippen LogP contribution >= 0.6 is 11.3 Å². The van der Waals surface area contributed by atoms with E-state index in [-0.39, 0.29) is 24.3 Å². The predicted molar refractivity (Wildman–Crippen MR) is 79.5 cm³/mol. The number of thiazole rings is 1. The Morgan fingerprint density at radius 3 is 2.75 bits per heavy atom. The molecule has 20 heavy (non-hydrogen) atoms. The minimum Gasteiger partial charge on any atom is -0.333 e. The first-order valence-corrected chi connectivity index (χ1v) is 7.92. The number of aromatic nitrogens is 1. The van der Waals surface area contributed by atoms with Crippen LogP contribution in [0.15, 0.2) is 11.6 Å². The first kappa shape index (κ1) is 15.0. The van der Waals surface area contributed by atoms with E-state index in [0.29, 0.717) is 17.6 Å². The molecule has 1 saturated carbocycles. The highest BCUT2D eigenvalue weighted by Crippen LogP contribution is 2.28. The van der Waals surface area contributed by atoms with Crippen LogP contribution in [0.3, 0.4) is 0 Å². The van der Waals surface area contributed by atoms with Gasteiger partial charge in [-0.3, -0.25) is 9.59 Å². The molecule has 0 saturated heterocycles. The Balaban J connectivity index is 1.92. The molecule has 0 atom stereocenters. The van der Waals surface area contributed by atoms with E-state index in [1.165, 1.54) is 11.3 Å². The lowest BCUT2D eigenvalue weighted by atomic mass is 9.84. The molecule has 110 valence electrons. The summed E-state index contributed by atoms with van der Waals surface area (Å²) < 4.78 is 0. The van der Waals surface area contributed by atoms with E-state index in [1.54, 1.807) is 16.5 Å². The maximum Gasteiger partial charge on any atom is 0.245 e. The van der Waals surface area contributed by atoms with E-state index in [2.05, 4.69) is 24.1 Å². The standard InChI is InChI=1S/C14H21N3O2S/c1-10(2)8-17(13(19)11-4-3-5-11)9-12(18)16-14-15-6-7-20-14/h6-7,10-11H,3-5,8-9H2,1-2H3,(H,15,16,18). The van der Waals surface area contributed by atoms with Crippen LogP contribution in [0.5, 0.6) is 0 Å². The molecule has 0 radical (unpaired) electrons. The van der Waals surface area contributed by atoms with Crippen LogP contribution in [0, 0.1) is 11.8 Å². The lowest BCUT2D eigenvalue weighted by molar-refractivity contribution is -0.141. The van der Waals surface area contributed by atoms with Crippen molar-refractivity contribution in [1.82, 2.24) is 9.88 Å². The minimum absolute atomic E-state index is 0.118. The normalized spacial score (nSPS) is 14.9. The van der Waals surface area contributed by atoms with Gasteiger partial charge >= 0.3 is 0 Å². The Kier molecular flexibility index (Phi) is 5.11. The molecule has 0 aromatic carbocycles. The lowest BCUT2D eigenvalue weighted by Gasteiger charge is -2.32. The number of nitrogens with one attached hydrogen (secondary N) is 1. The summed E-state index contributed by atoms with van der Waals surface area (Å²) in [4.78, 5) is 30.0. The van der Waals surface area contributed by atoms with Gasteiger partial charge < -0.3 is 10.2 Å². The molecule has 1 fully saturated rings. The maximum atomic E-state index is 12.3. The highest BCUT2D eigenvalue weighted by atomic mass is 32.1. The van der Waals surface area contributed by atoms with Gasteiger partial charge in [0.25, 0.3) is 0 Å². The fourth-order valence-corrected chi connectivity index (χ4v) is 2.75. The number of hydrogen-bond acceptors (Lipinski definition) is 4. The average molecular weight is 295 g/mol. The minimum atomic E-state index is -0.173. The first-order valence-electron chi connectivity index (χ1n) is 7.04. The van der Waals surface area contributed by atoms with Crippen LogP contribution in [0.2, 0.25) is 0 Å². The van der Waals surface area contributed by atoms with Gasteiger partial charge in [0.05, 0.1) is 6.54 Å². The topological polar surface area (TPSA) is 62.3 Å². The lowest BCUT2D eigenvalue weighted by Crippen LogP contribution is -2.44. The van der Waals surface area contributed by atoms with Crippen LogP contribution < -0.4 is 5.32 Å². The van der Waals surface area contributed by atoms with Crippen LogP contribution in [0.4, 0.5) is 5.13 Å². The molecule has 1 aromatic rings. The van der Waals surface area contributed by atoms with Crippen molar-refractivity contribution in [3.63, 3.8) is 0 Å². The third-order valence-corrected chi connectivity index (χ3v) is 4.05. The molecule has 0 bridgehead atoms. The summed E-state index contributed by atoms with van der Waals surface area (Å²) in [7, 11) is 0. The first-order chi connectivity index (χ1) is 9.56. The van der Waals surface area contributed by atoms with E-state index in [1.807, 2.05) is 0 Å². The molecule has 1 aromatic heterocycles. The molecule has 6 heteroatoms. The highest BCUT2D eigenvalue weighted by Gasteiger charge is 2.30. The van der Waals surface area contributed by atoms with Crippen LogP contribution in [0.1, 0.15) is 33.1 Å². The van der Waals surface area contributed by atoms with Crippen molar-refractivity contribution in [3.05, 3.63) is 11.6 Å². The predicted octanol–water partition coefficient (Wildman–Crippen LogP) is 2.37. The van der Waals surface area contributed by atoms with Gasteiger partial charge in [0.1, 0.15) is 0 Å². The van der Waals surface area contributed by atoms with Gasteiger partial charge in [-0.15, -0.1) is 11.3 Å². The number of hydrogen-bond donors (Lipinski definition) is 1. The Labute approximate surface area is 123 Å². The second kappa shape index (κ2) is 6.83. The van der Waals surface area contributed by atoms with Gasteiger partial charge in [0, 0.05) is 24.0 Å². The average Bonchev–Trinajstić information content (AvgIpc) is 2.77. The monoisotopic (exact) mass is 295 g/mol. The van der Waals surface area contributed by atoms with Crippen molar-refractivity contribution in [1.29, 1.82) is 0 Å². The van der Waals surface area contributed by atoms with E-state index in [0.717, 1.165) is 19.3 Å². The summed E-state index contributed by atoms with van der Waals surface area (Å²) in [5.41, 5.74) is 0. The van der Waals surface area contributed by atoms with Crippen molar-refractivity contribution in [2.45, 2.75) is 33.1 Å². The zero-order valence-electron chi connectivity index (χ0n) is 12.0. The van der Waals surface area contributed by atoms with Crippen LogP contribution in [0.25, 0.3) is 0 Å². The summed E-state index contributed by atoms with van der Waals surface area (Å²) in [6.07, 6.45) is 4.69. The summed E-state index contributed by atoms with van der Waals surface area (Å²) in [5.74, 6) is 0.431. The molecule has 2 amide bonds. The Hall–Kier alpha value is -1.43. The van der Waals surface area contributed by atoms with Crippen molar-refractivity contribution in [2.24, 2.45) is 11.8 Å². The van der Waals surface area contributed by atoms with Crippen molar-refractivity contribution in [2.75, 3.05) is 18.4 Å². The molecular formula is C14H21N3O2S. The third-order valence-electron chi connectivity index (χ3n) is 3.36.